The van der Waals surface area contributed by atoms with Crippen LogP contribution in [0.5, 0.6) is 0 Å². The lowest BCUT2D eigenvalue weighted by Gasteiger charge is -2.18. The zero-order valence-electron chi connectivity index (χ0n) is 11.4. The number of benzene rings is 1. The Morgan fingerprint density at radius 2 is 1.94 bits per heavy atom. The summed E-state index contributed by atoms with van der Waals surface area (Å²) in [6.45, 7) is 8.89. The Morgan fingerprint density at radius 1 is 1.28 bits per heavy atom. The maximum absolute atomic E-state index is 9.58. The van der Waals surface area contributed by atoms with Gasteiger partial charge in [0.15, 0.2) is 0 Å². The molecule has 4 heteroatoms. The number of aliphatic hydroxyl groups is 1. The highest BCUT2D eigenvalue weighted by molar-refractivity contribution is 8.00. The second-order valence-electron chi connectivity index (χ2n) is 4.85. The molecule has 0 spiro atoms. The van der Waals surface area contributed by atoms with E-state index in [2.05, 4.69) is 19.2 Å². The Kier molecular flexibility index (Phi) is 6.50. The van der Waals surface area contributed by atoms with Crippen LogP contribution in [0.4, 0.5) is 0 Å². The van der Waals surface area contributed by atoms with E-state index in [1.54, 1.807) is 11.8 Å². The molecule has 1 aromatic rings. The second kappa shape index (κ2) is 7.39. The molecule has 0 aromatic heterocycles. The zero-order chi connectivity index (χ0) is 13.7. The van der Waals surface area contributed by atoms with Crippen LogP contribution < -0.4 is 5.32 Å². The van der Waals surface area contributed by atoms with Crippen molar-refractivity contribution in [1.29, 1.82) is 0 Å². The highest BCUT2D eigenvalue weighted by Gasteiger charge is 2.13. The summed E-state index contributed by atoms with van der Waals surface area (Å²) in [7, 11) is 0. The fraction of sp³-hybridized carbons (Fsp3) is 0.571. The summed E-state index contributed by atoms with van der Waals surface area (Å²) >= 11 is 7.73. The normalized spacial score (nSPS) is 14.8. The second-order valence-corrected chi connectivity index (χ2v) is 6.71. The predicted octanol–water partition coefficient (Wildman–Crippen LogP) is 3.70. The first kappa shape index (κ1) is 15.8. The topological polar surface area (TPSA) is 32.3 Å². The molecular formula is C14H22ClNOS. The molecule has 0 fully saturated rings. The minimum Gasteiger partial charge on any atom is -0.392 e. The summed E-state index contributed by atoms with van der Waals surface area (Å²) < 4.78 is 0. The standard InChI is InChI=1S/C14H22ClNOS/c1-9(2)16-8-12-7-13(15)5-6-14(12)18-11(4)10(3)17/h5-7,9-11,16-17H,8H2,1-4H3. The molecule has 102 valence electrons. The molecule has 2 unspecified atom stereocenters. The number of hydrogen-bond donors (Lipinski definition) is 2. The van der Waals surface area contributed by atoms with Crippen molar-refractivity contribution in [3.8, 4) is 0 Å². The maximum Gasteiger partial charge on any atom is 0.0631 e. The summed E-state index contributed by atoms with van der Waals surface area (Å²) in [5.74, 6) is 0. The first-order chi connectivity index (χ1) is 8.40. The SMILES string of the molecule is CC(C)NCc1cc(Cl)ccc1SC(C)C(C)O. The monoisotopic (exact) mass is 287 g/mol. The van der Waals surface area contributed by atoms with Crippen molar-refractivity contribution < 1.29 is 5.11 Å². The molecule has 0 heterocycles. The summed E-state index contributed by atoms with van der Waals surface area (Å²) in [6.07, 6.45) is -0.323. The summed E-state index contributed by atoms with van der Waals surface area (Å²) in [5.41, 5.74) is 1.19. The van der Waals surface area contributed by atoms with Crippen molar-refractivity contribution in [1.82, 2.24) is 5.32 Å². The molecule has 0 amide bonds. The minimum atomic E-state index is -0.323. The van der Waals surface area contributed by atoms with Crippen molar-refractivity contribution in [2.75, 3.05) is 0 Å². The highest BCUT2D eigenvalue weighted by atomic mass is 35.5. The van der Waals surface area contributed by atoms with Gasteiger partial charge in [0, 0.05) is 27.8 Å². The molecule has 0 bridgehead atoms. The van der Waals surface area contributed by atoms with Crippen molar-refractivity contribution in [3.05, 3.63) is 28.8 Å². The fourth-order valence-electron chi connectivity index (χ4n) is 1.41. The van der Waals surface area contributed by atoms with E-state index in [0.29, 0.717) is 6.04 Å². The molecule has 1 aromatic carbocycles. The average Bonchev–Trinajstić information content (AvgIpc) is 2.29. The van der Waals surface area contributed by atoms with Crippen LogP contribution in [0, 0.1) is 0 Å². The lowest BCUT2D eigenvalue weighted by Crippen LogP contribution is -2.22. The van der Waals surface area contributed by atoms with Gasteiger partial charge in [0.1, 0.15) is 0 Å². The predicted molar refractivity (Wildman–Crippen MR) is 80.4 cm³/mol. The Balaban J connectivity index is 2.82. The van der Waals surface area contributed by atoms with Crippen LogP contribution in [0.3, 0.4) is 0 Å². The smallest absolute Gasteiger partial charge is 0.0631 e. The number of thioether (sulfide) groups is 1. The van der Waals surface area contributed by atoms with Crippen molar-refractivity contribution in [2.24, 2.45) is 0 Å². The molecule has 0 saturated heterocycles. The van der Waals surface area contributed by atoms with Gasteiger partial charge in [-0.05, 0) is 30.7 Å². The van der Waals surface area contributed by atoms with Crippen molar-refractivity contribution >= 4 is 23.4 Å². The summed E-state index contributed by atoms with van der Waals surface area (Å²) in [4.78, 5) is 1.18. The van der Waals surface area contributed by atoms with Gasteiger partial charge < -0.3 is 10.4 Å². The van der Waals surface area contributed by atoms with Crippen LogP contribution in [-0.2, 0) is 6.54 Å². The van der Waals surface area contributed by atoms with Gasteiger partial charge in [-0.1, -0.05) is 32.4 Å². The molecule has 2 nitrogen and oxygen atoms in total. The number of rotatable bonds is 6. The molecule has 0 radical (unpaired) electrons. The number of nitrogens with one attached hydrogen (secondary N) is 1. The van der Waals surface area contributed by atoms with Crippen molar-refractivity contribution in [2.45, 2.75) is 56.5 Å². The lowest BCUT2D eigenvalue weighted by molar-refractivity contribution is 0.196. The number of halogens is 1. The number of aliphatic hydroxyl groups excluding tert-OH is 1. The average molecular weight is 288 g/mol. The van der Waals surface area contributed by atoms with Crippen LogP contribution in [-0.4, -0.2) is 22.5 Å². The third-order valence-corrected chi connectivity index (χ3v) is 4.37. The largest absolute Gasteiger partial charge is 0.392 e. The van der Waals surface area contributed by atoms with Gasteiger partial charge in [0.2, 0.25) is 0 Å². The molecule has 0 aliphatic heterocycles. The van der Waals surface area contributed by atoms with E-state index in [0.717, 1.165) is 11.6 Å². The highest BCUT2D eigenvalue weighted by Crippen LogP contribution is 2.30. The van der Waals surface area contributed by atoms with E-state index < -0.39 is 0 Å². The molecule has 0 aliphatic carbocycles. The zero-order valence-corrected chi connectivity index (χ0v) is 13.0. The van der Waals surface area contributed by atoms with Crippen molar-refractivity contribution in [3.63, 3.8) is 0 Å². The first-order valence-corrected chi connectivity index (χ1v) is 7.52. The quantitative estimate of drug-likeness (QED) is 0.783. The van der Waals surface area contributed by atoms with Gasteiger partial charge >= 0.3 is 0 Å². The molecule has 2 atom stereocenters. The minimum absolute atomic E-state index is 0.170. The Hall–Kier alpha value is -0.220. The van der Waals surface area contributed by atoms with E-state index in [9.17, 15) is 5.11 Å². The van der Waals surface area contributed by atoms with E-state index in [1.807, 2.05) is 32.0 Å². The van der Waals surface area contributed by atoms with Crippen LogP contribution in [0.1, 0.15) is 33.3 Å². The molecule has 18 heavy (non-hydrogen) atoms. The van der Waals surface area contributed by atoms with Crippen LogP contribution in [0.2, 0.25) is 5.02 Å². The fourth-order valence-corrected chi connectivity index (χ4v) is 2.64. The molecule has 0 aliphatic rings. The molecule has 1 rings (SSSR count). The summed E-state index contributed by atoms with van der Waals surface area (Å²) in [6, 6.07) is 6.37. The summed E-state index contributed by atoms with van der Waals surface area (Å²) in [5, 5.41) is 13.9. The molecule has 0 saturated carbocycles. The van der Waals surface area contributed by atoms with Crippen LogP contribution >= 0.6 is 23.4 Å². The Morgan fingerprint density at radius 3 is 2.50 bits per heavy atom. The van der Waals surface area contributed by atoms with E-state index in [-0.39, 0.29) is 11.4 Å². The van der Waals surface area contributed by atoms with Crippen LogP contribution in [0.15, 0.2) is 23.1 Å². The van der Waals surface area contributed by atoms with E-state index >= 15 is 0 Å². The van der Waals surface area contributed by atoms with Gasteiger partial charge in [-0.25, -0.2) is 0 Å². The van der Waals surface area contributed by atoms with E-state index in [4.69, 9.17) is 11.6 Å². The third-order valence-electron chi connectivity index (χ3n) is 2.72. The van der Waals surface area contributed by atoms with Crippen LogP contribution in [0.25, 0.3) is 0 Å². The molecular weight excluding hydrogens is 266 g/mol. The third kappa shape index (κ3) is 5.19. The molecule has 2 N–H and O–H groups in total. The van der Waals surface area contributed by atoms with Gasteiger partial charge in [-0.3, -0.25) is 0 Å². The van der Waals surface area contributed by atoms with Gasteiger partial charge in [-0.15, -0.1) is 11.8 Å². The Labute approximate surface area is 119 Å². The van der Waals surface area contributed by atoms with Gasteiger partial charge in [0.25, 0.3) is 0 Å². The van der Waals surface area contributed by atoms with Gasteiger partial charge in [0.05, 0.1) is 6.10 Å². The van der Waals surface area contributed by atoms with Gasteiger partial charge in [-0.2, -0.15) is 0 Å². The number of hydrogen-bond acceptors (Lipinski definition) is 3. The first-order valence-electron chi connectivity index (χ1n) is 6.26. The lowest BCUT2D eigenvalue weighted by atomic mass is 10.2. The maximum atomic E-state index is 9.58. The van der Waals surface area contributed by atoms with E-state index in [1.165, 1.54) is 10.5 Å². The Bertz CT molecular complexity index is 382.